The number of methoxy groups -OCH3 is 1. The fourth-order valence-corrected chi connectivity index (χ4v) is 1.03. The Balaban J connectivity index is 3.15. The summed E-state index contributed by atoms with van der Waals surface area (Å²) in [5.74, 6) is -0.353. The average molecular weight is 177 g/mol. The molecule has 0 aromatic carbocycles. The molecule has 68 valence electrons. The molecule has 0 aliphatic carbocycles. The van der Waals surface area contributed by atoms with E-state index in [1.54, 1.807) is 18.2 Å². The van der Waals surface area contributed by atoms with Crippen LogP contribution in [0.4, 0.5) is 0 Å². The minimum atomic E-state index is -0.353. The molecule has 0 amide bonds. The summed E-state index contributed by atoms with van der Waals surface area (Å²) in [7, 11) is 1.35. The summed E-state index contributed by atoms with van der Waals surface area (Å²) in [4.78, 5) is 15.3. The first-order chi connectivity index (χ1) is 6.17. The first kappa shape index (κ1) is 9.45. The van der Waals surface area contributed by atoms with E-state index in [1.807, 2.05) is 6.92 Å². The zero-order valence-corrected chi connectivity index (χ0v) is 7.70. The Labute approximate surface area is 77.1 Å². The van der Waals surface area contributed by atoms with Crippen LogP contribution in [0.5, 0.6) is 0 Å². The van der Waals surface area contributed by atoms with Crippen LogP contribution in [0.1, 0.15) is 21.7 Å². The van der Waals surface area contributed by atoms with Gasteiger partial charge in [-0.25, -0.2) is 4.79 Å². The van der Waals surface area contributed by atoms with E-state index in [4.69, 9.17) is 0 Å². The second-order valence-corrected chi connectivity index (χ2v) is 2.62. The number of carbonyl (C=O) groups is 1. The lowest BCUT2D eigenvalue weighted by molar-refractivity contribution is 0.0600. The molecule has 3 heteroatoms. The summed E-state index contributed by atoms with van der Waals surface area (Å²) >= 11 is 0. The Hall–Kier alpha value is -1.64. The molecule has 0 aliphatic heterocycles. The highest BCUT2D eigenvalue weighted by Gasteiger charge is 2.06. The zero-order chi connectivity index (χ0) is 9.84. The molecule has 1 aromatic heterocycles. The predicted molar refractivity (Wildman–Crippen MR) is 50.4 cm³/mol. The van der Waals surface area contributed by atoms with Gasteiger partial charge in [0, 0.05) is 5.69 Å². The van der Waals surface area contributed by atoms with Gasteiger partial charge in [0.15, 0.2) is 0 Å². The standard InChI is InChI=1S/C10H11NO2/c1-4-9-6-8(10(12)13-3)5-7(2)11-9/h4-6H,1H2,2-3H3. The summed E-state index contributed by atoms with van der Waals surface area (Å²) < 4.78 is 4.59. The quantitative estimate of drug-likeness (QED) is 0.647. The Morgan fingerprint density at radius 3 is 2.85 bits per heavy atom. The molecule has 1 heterocycles. The van der Waals surface area contributed by atoms with Crippen molar-refractivity contribution in [3.05, 3.63) is 35.7 Å². The molecule has 0 radical (unpaired) electrons. The number of rotatable bonds is 2. The minimum Gasteiger partial charge on any atom is -0.465 e. The Morgan fingerprint density at radius 1 is 1.62 bits per heavy atom. The van der Waals surface area contributed by atoms with Gasteiger partial charge in [-0.3, -0.25) is 4.98 Å². The van der Waals surface area contributed by atoms with Crippen molar-refractivity contribution in [1.29, 1.82) is 0 Å². The molecular weight excluding hydrogens is 166 g/mol. The lowest BCUT2D eigenvalue weighted by atomic mass is 10.2. The largest absolute Gasteiger partial charge is 0.465 e. The maximum absolute atomic E-state index is 11.1. The highest BCUT2D eigenvalue weighted by molar-refractivity contribution is 5.89. The first-order valence-corrected chi connectivity index (χ1v) is 3.87. The predicted octanol–water partition coefficient (Wildman–Crippen LogP) is 1.82. The van der Waals surface area contributed by atoms with Gasteiger partial charge in [-0.05, 0) is 25.1 Å². The molecule has 1 rings (SSSR count). The third-order valence-corrected chi connectivity index (χ3v) is 1.60. The van der Waals surface area contributed by atoms with Crippen molar-refractivity contribution in [2.75, 3.05) is 7.11 Å². The molecule has 0 atom stereocenters. The van der Waals surface area contributed by atoms with Gasteiger partial charge in [-0.15, -0.1) is 0 Å². The summed E-state index contributed by atoms with van der Waals surface area (Å²) in [5.41, 5.74) is 1.96. The fraction of sp³-hybridized carbons (Fsp3) is 0.200. The van der Waals surface area contributed by atoms with Crippen LogP contribution in [0.3, 0.4) is 0 Å². The van der Waals surface area contributed by atoms with E-state index in [0.29, 0.717) is 11.3 Å². The van der Waals surface area contributed by atoms with Gasteiger partial charge in [-0.1, -0.05) is 6.58 Å². The molecule has 1 aromatic rings. The van der Waals surface area contributed by atoms with Crippen molar-refractivity contribution < 1.29 is 9.53 Å². The third kappa shape index (κ3) is 2.15. The average Bonchev–Trinajstić information content (AvgIpc) is 2.15. The molecule has 0 aliphatic rings. The molecule has 0 N–H and O–H groups in total. The van der Waals surface area contributed by atoms with Gasteiger partial charge in [0.1, 0.15) is 0 Å². The van der Waals surface area contributed by atoms with Gasteiger partial charge in [0.25, 0.3) is 0 Å². The second kappa shape index (κ2) is 3.85. The van der Waals surface area contributed by atoms with Gasteiger partial charge in [0.05, 0.1) is 18.4 Å². The summed E-state index contributed by atoms with van der Waals surface area (Å²) in [5, 5.41) is 0. The number of ether oxygens (including phenoxy) is 1. The SMILES string of the molecule is C=Cc1cc(C(=O)OC)cc(C)n1. The molecule has 0 saturated heterocycles. The third-order valence-electron chi connectivity index (χ3n) is 1.60. The normalized spacial score (nSPS) is 9.38. The van der Waals surface area contributed by atoms with E-state index in [0.717, 1.165) is 5.69 Å². The summed E-state index contributed by atoms with van der Waals surface area (Å²) in [6, 6.07) is 3.32. The number of aryl methyl sites for hydroxylation is 1. The van der Waals surface area contributed by atoms with Gasteiger partial charge < -0.3 is 4.74 Å². The van der Waals surface area contributed by atoms with E-state index in [1.165, 1.54) is 7.11 Å². The van der Waals surface area contributed by atoms with E-state index < -0.39 is 0 Å². The van der Waals surface area contributed by atoms with Crippen LogP contribution in [-0.4, -0.2) is 18.1 Å². The van der Waals surface area contributed by atoms with Crippen molar-refractivity contribution in [2.24, 2.45) is 0 Å². The van der Waals surface area contributed by atoms with Crippen LogP contribution in [0, 0.1) is 6.92 Å². The monoisotopic (exact) mass is 177 g/mol. The van der Waals surface area contributed by atoms with Gasteiger partial charge in [0.2, 0.25) is 0 Å². The zero-order valence-electron chi connectivity index (χ0n) is 7.70. The molecular formula is C10H11NO2. The Bertz CT molecular complexity index is 345. The molecule has 0 unspecified atom stereocenters. The van der Waals surface area contributed by atoms with Crippen molar-refractivity contribution >= 4 is 12.0 Å². The van der Waals surface area contributed by atoms with Crippen LogP contribution >= 0.6 is 0 Å². The first-order valence-electron chi connectivity index (χ1n) is 3.87. The van der Waals surface area contributed by atoms with Crippen LogP contribution in [0.15, 0.2) is 18.7 Å². The van der Waals surface area contributed by atoms with Gasteiger partial charge >= 0.3 is 5.97 Å². The molecule has 0 bridgehead atoms. The Kier molecular flexibility index (Phi) is 2.80. The summed E-state index contributed by atoms with van der Waals surface area (Å²) in [6.07, 6.45) is 1.60. The number of hydrogen-bond acceptors (Lipinski definition) is 3. The van der Waals surface area contributed by atoms with Gasteiger partial charge in [-0.2, -0.15) is 0 Å². The van der Waals surface area contributed by atoms with Crippen molar-refractivity contribution in [1.82, 2.24) is 4.98 Å². The highest BCUT2D eigenvalue weighted by Crippen LogP contribution is 2.07. The van der Waals surface area contributed by atoms with Crippen LogP contribution < -0.4 is 0 Å². The topological polar surface area (TPSA) is 39.2 Å². The number of aromatic nitrogens is 1. The van der Waals surface area contributed by atoms with E-state index in [2.05, 4.69) is 16.3 Å². The van der Waals surface area contributed by atoms with E-state index >= 15 is 0 Å². The maximum atomic E-state index is 11.1. The van der Waals surface area contributed by atoms with Crippen molar-refractivity contribution in [3.8, 4) is 0 Å². The van der Waals surface area contributed by atoms with Crippen LogP contribution in [-0.2, 0) is 4.74 Å². The van der Waals surface area contributed by atoms with Crippen molar-refractivity contribution in [3.63, 3.8) is 0 Å². The lowest BCUT2D eigenvalue weighted by Gasteiger charge is -2.01. The number of nitrogens with zero attached hydrogens (tertiary/aromatic N) is 1. The molecule has 0 saturated carbocycles. The van der Waals surface area contributed by atoms with E-state index in [9.17, 15) is 4.79 Å². The highest BCUT2D eigenvalue weighted by atomic mass is 16.5. The van der Waals surface area contributed by atoms with Crippen molar-refractivity contribution in [2.45, 2.75) is 6.92 Å². The number of hydrogen-bond donors (Lipinski definition) is 0. The molecule has 0 spiro atoms. The number of pyridine rings is 1. The van der Waals surface area contributed by atoms with Crippen LogP contribution in [0.25, 0.3) is 6.08 Å². The lowest BCUT2D eigenvalue weighted by Crippen LogP contribution is -2.03. The Morgan fingerprint density at radius 2 is 2.31 bits per heavy atom. The fourth-order valence-electron chi connectivity index (χ4n) is 1.03. The number of carbonyl (C=O) groups excluding carboxylic acids is 1. The van der Waals surface area contributed by atoms with E-state index in [-0.39, 0.29) is 5.97 Å². The summed E-state index contributed by atoms with van der Waals surface area (Å²) in [6.45, 7) is 5.40. The number of esters is 1. The van der Waals surface area contributed by atoms with Crippen LogP contribution in [0.2, 0.25) is 0 Å². The molecule has 13 heavy (non-hydrogen) atoms. The minimum absolute atomic E-state index is 0.353. The maximum Gasteiger partial charge on any atom is 0.337 e. The smallest absolute Gasteiger partial charge is 0.337 e. The second-order valence-electron chi connectivity index (χ2n) is 2.62. The molecule has 3 nitrogen and oxygen atoms in total. The molecule has 0 fully saturated rings.